The van der Waals surface area contributed by atoms with Crippen LogP contribution in [0.1, 0.15) is 16.7 Å². The van der Waals surface area contributed by atoms with E-state index in [9.17, 15) is 4.79 Å². The second kappa shape index (κ2) is 10.7. The number of nitrogens with one attached hydrogen (secondary N) is 1. The Morgan fingerprint density at radius 1 is 1.03 bits per heavy atom. The van der Waals surface area contributed by atoms with E-state index in [2.05, 4.69) is 64.4 Å². The lowest BCUT2D eigenvalue weighted by Gasteiger charge is -2.34. The molecular weight excluding hydrogens is 404 g/mol. The highest BCUT2D eigenvalue weighted by Gasteiger charge is 2.17. The number of nitrogens with zero attached hydrogens (tertiary/aromatic N) is 3. The molecule has 1 N–H and O–H groups in total. The SMILES string of the molecule is CN(C)c1ccc(CN2CCN(CCOC(=O)NCc3ccc4c(c3)CCO4)CC2)cc1. The predicted molar refractivity (Wildman–Crippen MR) is 126 cm³/mol. The first-order valence-corrected chi connectivity index (χ1v) is 11.4. The van der Waals surface area contributed by atoms with Gasteiger partial charge in [0.25, 0.3) is 0 Å². The summed E-state index contributed by atoms with van der Waals surface area (Å²) in [5.41, 5.74) is 4.85. The number of fused-ring (bicyclic) bond motifs is 1. The molecule has 32 heavy (non-hydrogen) atoms. The fourth-order valence-corrected chi connectivity index (χ4v) is 4.17. The average Bonchev–Trinajstić information content (AvgIpc) is 3.27. The lowest BCUT2D eigenvalue weighted by Crippen LogP contribution is -2.47. The summed E-state index contributed by atoms with van der Waals surface area (Å²) < 4.78 is 10.9. The molecule has 2 aromatic carbocycles. The largest absolute Gasteiger partial charge is 0.493 e. The van der Waals surface area contributed by atoms with Gasteiger partial charge in [-0.05, 0) is 34.9 Å². The molecule has 1 fully saturated rings. The molecule has 172 valence electrons. The minimum Gasteiger partial charge on any atom is -0.493 e. The van der Waals surface area contributed by atoms with E-state index in [4.69, 9.17) is 9.47 Å². The highest BCUT2D eigenvalue weighted by Crippen LogP contribution is 2.25. The van der Waals surface area contributed by atoms with Crippen molar-refractivity contribution in [1.82, 2.24) is 15.1 Å². The minimum absolute atomic E-state index is 0.360. The average molecular weight is 439 g/mol. The molecule has 1 amide bonds. The topological polar surface area (TPSA) is 57.3 Å². The van der Waals surface area contributed by atoms with Crippen LogP contribution in [0.2, 0.25) is 0 Å². The normalized spacial score (nSPS) is 16.3. The van der Waals surface area contributed by atoms with Crippen LogP contribution >= 0.6 is 0 Å². The first kappa shape index (κ1) is 22.4. The number of amides is 1. The zero-order valence-electron chi connectivity index (χ0n) is 19.2. The molecule has 0 aromatic heterocycles. The maximum absolute atomic E-state index is 12.0. The van der Waals surface area contributed by atoms with Crippen molar-refractivity contribution in [2.75, 3.05) is 64.9 Å². The number of hydrogen-bond acceptors (Lipinski definition) is 6. The second-order valence-electron chi connectivity index (χ2n) is 8.71. The zero-order chi connectivity index (χ0) is 22.3. The van der Waals surface area contributed by atoms with Gasteiger partial charge in [0.15, 0.2) is 0 Å². The van der Waals surface area contributed by atoms with Gasteiger partial charge in [0, 0.05) is 72.0 Å². The Balaban J connectivity index is 1.10. The van der Waals surface area contributed by atoms with Gasteiger partial charge in [0.2, 0.25) is 0 Å². The molecular formula is C25H34N4O3. The zero-order valence-corrected chi connectivity index (χ0v) is 19.2. The maximum atomic E-state index is 12.0. The van der Waals surface area contributed by atoms with E-state index in [0.717, 1.165) is 63.6 Å². The molecule has 0 unspecified atom stereocenters. The molecule has 0 saturated carbocycles. The lowest BCUT2D eigenvalue weighted by atomic mass is 10.1. The first-order valence-electron chi connectivity index (χ1n) is 11.4. The Hall–Kier alpha value is -2.77. The summed E-state index contributed by atoms with van der Waals surface area (Å²) in [5.74, 6) is 0.957. The Kier molecular flexibility index (Phi) is 7.50. The molecule has 0 aliphatic carbocycles. The van der Waals surface area contributed by atoms with Gasteiger partial charge in [-0.25, -0.2) is 4.79 Å². The number of anilines is 1. The van der Waals surface area contributed by atoms with E-state index in [1.54, 1.807) is 0 Å². The van der Waals surface area contributed by atoms with E-state index in [1.165, 1.54) is 16.8 Å². The Morgan fingerprint density at radius 2 is 1.75 bits per heavy atom. The summed E-state index contributed by atoms with van der Waals surface area (Å²) in [5, 5.41) is 2.84. The molecule has 0 atom stereocenters. The summed E-state index contributed by atoms with van der Waals surface area (Å²) in [6.07, 6.45) is 0.574. The molecule has 0 radical (unpaired) electrons. The maximum Gasteiger partial charge on any atom is 0.407 e. The van der Waals surface area contributed by atoms with Crippen LogP contribution in [-0.2, 0) is 24.2 Å². The van der Waals surface area contributed by atoms with Crippen molar-refractivity contribution < 1.29 is 14.3 Å². The number of ether oxygens (including phenoxy) is 2. The monoisotopic (exact) mass is 438 g/mol. The van der Waals surface area contributed by atoms with Gasteiger partial charge in [-0.2, -0.15) is 0 Å². The number of hydrogen-bond donors (Lipinski definition) is 1. The van der Waals surface area contributed by atoms with Crippen LogP contribution in [0.5, 0.6) is 5.75 Å². The molecule has 2 aliphatic heterocycles. The molecule has 2 aromatic rings. The predicted octanol–water partition coefficient (Wildman–Crippen LogP) is 2.73. The molecule has 7 heteroatoms. The molecule has 1 saturated heterocycles. The van der Waals surface area contributed by atoms with Gasteiger partial charge >= 0.3 is 6.09 Å². The van der Waals surface area contributed by atoms with E-state index < -0.39 is 0 Å². The van der Waals surface area contributed by atoms with Gasteiger partial charge in [-0.1, -0.05) is 24.3 Å². The second-order valence-corrected chi connectivity index (χ2v) is 8.71. The standard InChI is InChI=1S/C25H34N4O3/c1-27(2)23-6-3-20(4-7-23)19-29-12-10-28(11-13-29)14-16-32-25(30)26-18-21-5-8-24-22(17-21)9-15-31-24/h3-8,17H,9-16,18-19H2,1-2H3,(H,26,30). The van der Waals surface area contributed by atoms with Crippen molar-refractivity contribution in [1.29, 1.82) is 0 Å². The number of carbonyl (C=O) groups excluding carboxylic acids is 1. The van der Waals surface area contributed by atoms with Crippen LogP contribution in [0.4, 0.5) is 10.5 Å². The third kappa shape index (κ3) is 6.14. The van der Waals surface area contributed by atoms with Gasteiger partial charge in [0.05, 0.1) is 6.61 Å². The lowest BCUT2D eigenvalue weighted by molar-refractivity contribution is 0.0925. The first-order chi connectivity index (χ1) is 15.6. The van der Waals surface area contributed by atoms with Gasteiger partial charge in [-0.15, -0.1) is 0 Å². The van der Waals surface area contributed by atoms with Gasteiger partial charge in [-0.3, -0.25) is 9.80 Å². The molecule has 7 nitrogen and oxygen atoms in total. The van der Waals surface area contributed by atoms with E-state index >= 15 is 0 Å². The number of alkyl carbamates (subject to hydrolysis) is 1. The number of rotatable bonds is 8. The highest BCUT2D eigenvalue weighted by atomic mass is 16.5. The van der Waals surface area contributed by atoms with Crippen molar-refractivity contribution >= 4 is 11.8 Å². The van der Waals surface area contributed by atoms with Crippen LogP contribution in [0.3, 0.4) is 0 Å². The summed E-state index contributed by atoms with van der Waals surface area (Å²) in [4.78, 5) is 19.0. The number of piperazine rings is 1. The number of benzene rings is 2. The quantitative estimate of drug-likeness (QED) is 0.684. The van der Waals surface area contributed by atoms with Crippen molar-refractivity contribution in [2.24, 2.45) is 0 Å². The number of carbonyl (C=O) groups is 1. The van der Waals surface area contributed by atoms with Gasteiger partial charge < -0.3 is 19.7 Å². The third-order valence-corrected chi connectivity index (χ3v) is 6.16. The Labute approximate surface area is 190 Å². The van der Waals surface area contributed by atoms with E-state index in [0.29, 0.717) is 13.2 Å². The highest BCUT2D eigenvalue weighted by molar-refractivity contribution is 5.67. The minimum atomic E-state index is -0.360. The van der Waals surface area contributed by atoms with E-state index in [-0.39, 0.29) is 6.09 Å². The van der Waals surface area contributed by atoms with Crippen LogP contribution in [0.25, 0.3) is 0 Å². The van der Waals surface area contributed by atoms with Crippen molar-refractivity contribution in [3.05, 3.63) is 59.2 Å². The fourth-order valence-electron chi connectivity index (χ4n) is 4.17. The smallest absolute Gasteiger partial charge is 0.407 e. The summed E-state index contributed by atoms with van der Waals surface area (Å²) in [7, 11) is 4.12. The van der Waals surface area contributed by atoms with Crippen molar-refractivity contribution in [3.63, 3.8) is 0 Å². The van der Waals surface area contributed by atoms with Crippen LogP contribution in [0.15, 0.2) is 42.5 Å². The molecule has 0 bridgehead atoms. The third-order valence-electron chi connectivity index (χ3n) is 6.16. The fraction of sp³-hybridized carbons (Fsp3) is 0.480. The van der Waals surface area contributed by atoms with Crippen LogP contribution < -0.4 is 15.0 Å². The summed E-state index contributed by atoms with van der Waals surface area (Å²) >= 11 is 0. The molecule has 4 rings (SSSR count). The summed E-state index contributed by atoms with van der Waals surface area (Å²) in [6.45, 7) is 7.44. The summed E-state index contributed by atoms with van der Waals surface area (Å²) in [6, 6.07) is 14.8. The van der Waals surface area contributed by atoms with Crippen molar-refractivity contribution in [2.45, 2.75) is 19.5 Å². The van der Waals surface area contributed by atoms with E-state index in [1.807, 2.05) is 12.1 Å². The Morgan fingerprint density at radius 3 is 2.50 bits per heavy atom. The molecule has 2 heterocycles. The van der Waals surface area contributed by atoms with Crippen molar-refractivity contribution in [3.8, 4) is 5.75 Å². The molecule has 0 spiro atoms. The van der Waals surface area contributed by atoms with Crippen LogP contribution in [0, 0.1) is 0 Å². The van der Waals surface area contributed by atoms with Crippen LogP contribution in [-0.4, -0.2) is 75.9 Å². The Bertz CT molecular complexity index is 893. The molecule has 2 aliphatic rings. The van der Waals surface area contributed by atoms with Gasteiger partial charge in [0.1, 0.15) is 12.4 Å².